The minimum Gasteiger partial charge on any atom is -0.497 e. The minimum atomic E-state index is -0.615. The van der Waals surface area contributed by atoms with Crippen LogP contribution in [-0.4, -0.2) is 49.1 Å². The van der Waals surface area contributed by atoms with E-state index in [0.717, 1.165) is 5.56 Å². The summed E-state index contributed by atoms with van der Waals surface area (Å²) in [6.07, 6.45) is -0.941. The molecule has 0 saturated carbocycles. The van der Waals surface area contributed by atoms with Crippen LogP contribution < -0.4 is 25.4 Å². The van der Waals surface area contributed by atoms with Crippen molar-refractivity contribution in [1.29, 1.82) is 0 Å². The molecule has 4 atom stereocenters. The zero-order chi connectivity index (χ0) is 27.4. The van der Waals surface area contributed by atoms with Gasteiger partial charge in [-0.05, 0) is 55.0 Å². The summed E-state index contributed by atoms with van der Waals surface area (Å²) in [5.74, 6) is 0.548. The fourth-order valence-corrected chi connectivity index (χ4v) is 5.05. The SMILES string of the molecule is COc1ccc(NC(=O)Nc2ccc3c(c2)[C@@H]2C[C@H](CC(=O)NCc4ccccc4F)O[C@@H](CO)[C@@H]2O3)cc1. The first-order chi connectivity index (χ1) is 18.9. The van der Waals surface area contributed by atoms with E-state index >= 15 is 0 Å². The number of carbonyl (C=O) groups is 2. The molecule has 3 aromatic rings. The number of hydrogen-bond donors (Lipinski definition) is 4. The average molecular weight is 536 g/mol. The molecule has 0 radical (unpaired) electrons. The van der Waals surface area contributed by atoms with Crippen LogP contribution in [0.15, 0.2) is 66.7 Å². The summed E-state index contributed by atoms with van der Waals surface area (Å²) in [5.41, 5.74) is 2.47. The van der Waals surface area contributed by atoms with Crippen LogP contribution in [0.4, 0.5) is 20.6 Å². The summed E-state index contributed by atoms with van der Waals surface area (Å²) in [5, 5.41) is 18.3. The maximum absolute atomic E-state index is 13.9. The molecule has 0 aromatic heterocycles. The molecule has 0 unspecified atom stereocenters. The van der Waals surface area contributed by atoms with Gasteiger partial charge in [0.2, 0.25) is 5.91 Å². The molecule has 39 heavy (non-hydrogen) atoms. The van der Waals surface area contributed by atoms with Crippen molar-refractivity contribution in [2.75, 3.05) is 24.4 Å². The Labute approximate surface area is 225 Å². The molecule has 4 N–H and O–H groups in total. The summed E-state index contributed by atoms with van der Waals surface area (Å²) in [4.78, 5) is 25.2. The fraction of sp³-hybridized carbons (Fsp3) is 0.310. The third-order valence-corrected chi connectivity index (χ3v) is 6.95. The van der Waals surface area contributed by atoms with Gasteiger partial charge >= 0.3 is 6.03 Å². The van der Waals surface area contributed by atoms with Crippen LogP contribution in [0.3, 0.4) is 0 Å². The number of amides is 3. The maximum atomic E-state index is 13.9. The quantitative estimate of drug-likeness (QED) is 0.344. The standard InChI is InChI=1S/C29H30FN3O6/c1-37-20-9-6-18(7-10-20)32-29(36)33-19-8-11-25-22(12-19)23-13-21(38-26(16-34)28(23)39-25)14-27(35)31-15-17-4-2-3-5-24(17)30/h2-12,21,23,26,28,34H,13-16H2,1H3,(H,31,35)(H2,32,33,36)/t21-,23+,26+,28-/m1/s1. The summed E-state index contributed by atoms with van der Waals surface area (Å²) in [6, 6.07) is 18.2. The molecule has 5 rings (SSSR count). The molecule has 10 heteroatoms. The third-order valence-electron chi connectivity index (χ3n) is 6.95. The number of methoxy groups -OCH3 is 1. The number of halogens is 1. The van der Waals surface area contributed by atoms with Gasteiger partial charge in [-0.15, -0.1) is 0 Å². The number of carbonyl (C=O) groups excluding carboxylic acids is 2. The second-order valence-corrected chi connectivity index (χ2v) is 9.54. The third kappa shape index (κ3) is 6.13. The molecule has 3 amide bonds. The zero-order valence-corrected chi connectivity index (χ0v) is 21.4. The van der Waals surface area contributed by atoms with Crippen molar-refractivity contribution in [3.05, 3.63) is 83.7 Å². The first-order valence-electron chi connectivity index (χ1n) is 12.7. The lowest BCUT2D eigenvalue weighted by Gasteiger charge is -2.37. The largest absolute Gasteiger partial charge is 0.497 e. The molecule has 9 nitrogen and oxygen atoms in total. The molecular weight excluding hydrogens is 505 g/mol. The van der Waals surface area contributed by atoms with Gasteiger partial charge in [-0.3, -0.25) is 4.79 Å². The number of aliphatic hydroxyl groups is 1. The lowest BCUT2D eigenvalue weighted by atomic mass is 9.84. The average Bonchev–Trinajstić information content (AvgIpc) is 3.30. The molecule has 1 saturated heterocycles. The van der Waals surface area contributed by atoms with E-state index in [0.29, 0.717) is 34.9 Å². The molecule has 2 aliphatic heterocycles. The van der Waals surface area contributed by atoms with E-state index in [1.54, 1.807) is 61.7 Å². The highest BCUT2D eigenvalue weighted by Gasteiger charge is 2.46. The first kappa shape index (κ1) is 26.5. The number of aliphatic hydroxyl groups excluding tert-OH is 1. The van der Waals surface area contributed by atoms with Gasteiger partial charge in [0.05, 0.1) is 26.2 Å². The van der Waals surface area contributed by atoms with Crippen molar-refractivity contribution >= 4 is 23.3 Å². The smallest absolute Gasteiger partial charge is 0.323 e. The number of hydrogen-bond acceptors (Lipinski definition) is 6. The molecule has 2 heterocycles. The van der Waals surface area contributed by atoms with Crippen LogP contribution in [0.2, 0.25) is 0 Å². The second kappa shape index (κ2) is 11.7. The van der Waals surface area contributed by atoms with Crippen LogP contribution in [0.25, 0.3) is 0 Å². The number of urea groups is 1. The number of fused-ring (bicyclic) bond motifs is 3. The van der Waals surface area contributed by atoms with Gasteiger partial charge in [0.1, 0.15) is 29.5 Å². The number of benzene rings is 3. The van der Waals surface area contributed by atoms with Gasteiger partial charge in [0.15, 0.2) is 0 Å². The van der Waals surface area contributed by atoms with Crippen LogP contribution in [0.5, 0.6) is 11.5 Å². The van der Waals surface area contributed by atoms with E-state index < -0.39 is 24.3 Å². The number of anilines is 2. The molecular formula is C29H30FN3O6. The molecule has 1 fully saturated rings. The Bertz CT molecular complexity index is 1330. The zero-order valence-electron chi connectivity index (χ0n) is 21.4. The molecule has 204 valence electrons. The lowest BCUT2D eigenvalue weighted by Crippen LogP contribution is -2.47. The maximum Gasteiger partial charge on any atom is 0.323 e. The Morgan fingerprint density at radius 1 is 1.05 bits per heavy atom. The molecule has 0 spiro atoms. The van der Waals surface area contributed by atoms with E-state index in [4.69, 9.17) is 14.2 Å². The van der Waals surface area contributed by atoms with E-state index in [1.807, 2.05) is 6.07 Å². The molecule has 2 aliphatic rings. The van der Waals surface area contributed by atoms with Crippen LogP contribution >= 0.6 is 0 Å². The van der Waals surface area contributed by atoms with E-state index in [2.05, 4.69) is 16.0 Å². The summed E-state index contributed by atoms with van der Waals surface area (Å²) in [7, 11) is 1.57. The van der Waals surface area contributed by atoms with Gasteiger partial charge in [-0.2, -0.15) is 0 Å². The number of nitrogens with one attached hydrogen (secondary N) is 3. The predicted octanol–water partition coefficient (Wildman–Crippen LogP) is 4.18. The number of ether oxygens (including phenoxy) is 3. The predicted molar refractivity (Wildman–Crippen MR) is 142 cm³/mol. The molecule has 3 aromatic carbocycles. The second-order valence-electron chi connectivity index (χ2n) is 9.54. The van der Waals surface area contributed by atoms with Gasteiger partial charge in [-0.1, -0.05) is 18.2 Å². The number of rotatable bonds is 8. The Balaban J connectivity index is 1.22. The summed E-state index contributed by atoms with van der Waals surface area (Å²) in [6.45, 7) is -0.189. The highest BCUT2D eigenvalue weighted by Crippen LogP contribution is 2.47. The summed E-state index contributed by atoms with van der Waals surface area (Å²) < 4.78 is 31.1. The molecule has 0 bridgehead atoms. The van der Waals surface area contributed by atoms with Crippen LogP contribution in [0.1, 0.15) is 29.9 Å². The van der Waals surface area contributed by atoms with Crippen molar-refractivity contribution in [2.45, 2.75) is 43.6 Å². The first-order valence-corrected chi connectivity index (χ1v) is 12.7. The van der Waals surface area contributed by atoms with Crippen LogP contribution in [-0.2, 0) is 16.1 Å². The van der Waals surface area contributed by atoms with Gasteiger partial charge < -0.3 is 35.3 Å². The minimum absolute atomic E-state index is 0.0612. The Morgan fingerprint density at radius 2 is 1.79 bits per heavy atom. The van der Waals surface area contributed by atoms with Crippen molar-refractivity contribution in [3.8, 4) is 11.5 Å². The van der Waals surface area contributed by atoms with E-state index in [-0.39, 0.29) is 37.2 Å². The van der Waals surface area contributed by atoms with E-state index in [1.165, 1.54) is 6.07 Å². The van der Waals surface area contributed by atoms with E-state index in [9.17, 15) is 19.1 Å². The monoisotopic (exact) mass is 535 g/mol. The Kier molecular flexibility index (Phi) is 7.94. The van der Waals surface area contributed by atoms with Crippen molar-refractivity contribution < 1.29 is 33.3 Å². The van der Waals surface area contributed by atoms with Crippen molar-refractivity contribution in [1.82, 2.24) is 5.32 Å². The topological polar surface area (TPSA) is 118 Å². The van der Waals surface area contributed by atoms with Crippen LogP contribution in [0, 0.1) is 5.82 Å². The highest BCUT2D eigenvalue weighted by molar-refractivity contribution is 5.99. The normalized spacial score (nSPS) is 21.2. The summed E-state index contributed by atoms with van der Waals surface area (Å²) >= 11 is 0. The fourth-order valence-electron chi connectivity index (χ4n) is 5.05. The van der Waals surface area contributed by atoms with Crippen molar-refractivity contribution in [2.24, 2.45) is 0 Å². The lowest BCUT2D eigenvalue weighted by molar-refractivity contribution is -0.142. The van der Waals surface area contributed by atoms with Gasteiger partial charge in [-0.25, -0.2) is 9.18 Å². The molecule has 0 aliphatic carbocycles. The Hall–Kier alpha value is -4.15. The van der Waals surface area contributed by atoms with Gasteiger partial charge in [0.25, 0.3) is 0 Å². The van der Waals surface area contributed by atoms with Crippen molar-refractivity contribution in [3.63, 3.8) is 0 Å². The Morgan fingerprint density at radius 3 is 2.54 bits per heavy atom. The highest BCUT2D eigenvalue weighted by atomic mass is 19.1. The van der Waals surface area contributed by atoms with Gasteiger partial charge in [0, 0.05) is 35.0 Å².